The second-order valence-electron chi connectivity index (χ2n) is 8.03. The summed E-state index contributed by atoms with van der Waals surface area (Å²) in [6.45, 7) is 1.50. The molecule has 2 aromatic carbocycles. The summed E-state index contributed by atoms with van der Waals surface area (Å²) in [5, 5.41) is 23.6. The molecule has 0 aliphatic heterocycles. The first kappa shape index (κ1) is 22.6. The SMILES string of the molecule is COc1ccc(CNCC2(COc3ccc(S(C)(=O)=O)cc3)C[C@@H](O)[C@@H](O)C2)cc1. The number of rotatable bonds is 9. The number of hydrogen-bond acceptors (Lipinski definition) is 7. The van der Waals surface area contributed by atoms with Gasteiger partial charge in [0, 0.05) is 24.8 Å². The van der Waals surface area contributed by atoms with Gasteiger partial charge >= 0.3 is 0 Å². The van der Waals surface area contributed by atoms with Gasteiger partial charge < -0.3 is 25.0 Å². The Hall–Kier alpha value is -2.13. The summed E-state index contributed by atoms with van der Waals surface area (Å²) in [5.41, 5.74) is 0.670. The van der Waals surface area contributed by atoms with E-state index < -0.39 is 27.5 Å². The third-order valence-electron chi connectivity index (χ3n) is 5.51. The summed E-state index contributed by atoms with van der Waals surface area (Å²) in [5.74, 6) is 1.35. The minimum Gasteiger partial charge on any atom is -0.497 e. The maximum atomic E-state index is 11.6. The van der Waals surface area contributed by atoms with Gasteiger partial charge in [-0.2, -0.15) is 0 Å². The molecule has 0 heterocycles. The van der Waals surface area contributed by atoms with Gasteiger partial charge in [-0.05, 0) is 54.8 Å². The summed E-state index contributed by atoms with van der Waals surface area (Å²) in [7, 11) is -1.63. The van der Waals surface area contributed by atoms with Gasteiger partial charge in [0.15, 0.2) is 9.84 Å². The van der Waals surface area contributed by atoms with Crippen LogP contribution in [-0.4, -0.2) is 57.4 Å². The van der Waals surface area contributed by atoms with Crippen LogP contribution in [0.15, 0.2) is 53.4 Å². The fraction of sp³-hybridized carbons (Fsp3) is 0.455. The quantitative estimate of drug-likeness (QED) is 0.551. The highest BCUT2D eigenvalue weighted by atomic mass is 32.2. The summed E-state index contributed by atoms with van der Waals surface area (Å²) in [6.07, 6.45) is 0.428. The number of aliphatic hydroxyl groups is 2. The minimum absolute atomic E-state index is 0.234. The molecule has 0 spiro atoms. The summed E-state index contributed by atoms with van der Waals surface area (Å²) in [4.78, 5) is 0.234. The van der Waals surface area contributed by atoms with Crippen molar-refractivity contribution in [3.63, 3.8) is 0 Å². The number of sulfone groups is 1. The van der Waals surface area contributed by atoms with Gasteiger partial charge in [-0.25, -0.2) is 8.42 Å². The topological polar surface area (TPSA) is 105 Å². The van der Waals surface area contributed by atoms with E-state index in [-0.39, 0.29) is 4.90 Å². The van der Waals surface area contributed by atoms with E-state index in [0.717, 1.165) is 17.6 Å². The van der Waals surface area contributed by atoms with E-state index in [0.29, 0.717) is 38.3 Å². The zero-order valence-corrected chi connectivity index (χ0v) is 18.1. The first-order valence-electron chi connectivity index (χ1n) is 9.83. The lowest BCUT2D eigenvalue weighted by Gasteiger charge is -2.29. The van der Waals surface area contributed by atoms with Crippen molar-refractivity contribution in [3.05, 3.63) is 54.1 Å². The van der Waals surface area contributed by atoms with Crippen molar-refractivity contribution < 1.29 is 28.1 Å². The molecule has 0 amide bonds. The number of aliphatic hydroxyl groups excluding tert-OH is 2. The summed E-state index contributed by atoms with van der Waals surface area (Å²) < 4.78 is 34.3. The predicted molar refractivity (Wildman–Crippen MR) is 113 cm³/mol. The maximum absolute atomic E-state index is 11.6. The third-order valence-corrected chi connectivity index (χ3v) is 6.64. The molecule has 8 heteroatoms. The van der Waals surface area contributed by atoms with Crippen LogP contribution in [0.5, 0.6) is 11.5 Å². The highest BCUT2D eigenvalue weighted by molar-refractivity contribution is 7.90. The van der Waals surface area contributed by atoms with E-state index in [1.165, 1.54) is 12.1 Å². The molecule has 3 N–H and O–H groups in total. The van der Waals surface area contributed by atoms with Gasteiger partial charge in [0.25, 0.3) is 0 Å². The molecular formula is C22H29NO6S. The number of hydrogen-bond donors (Lipinski definition) is 3. The summed E-state index contributed by atoms with van der Waals surface area (Å²) in [6, 6.07) is 14.0. The van der Waals surface area contributed by atoms with Crippen LogP contribution in [0, 0.1) is 5.41 Å². The standard InChI is InChI=1S/C22H29NO6S/c1-28-17-5-3-16(4-6-17)13-23-14-22(11-20(24)21(25)12-22)15-29-18-7-9-19(10-8-18)30(2,26)27/h3-10,20-21,23-25H,11-15H2,1-2H3/t20-,21+,22?. The lowest BCUT2D eigenvalue weighted by molar-refractivity contribution is 0.0438. The Morgan fingerprint density at radius 3 is 2.10 bits per heavy atom. The van der Waals surface area contributed by atoms with Crippen molar-refractivity contribution in [2.24, 2.45) is 5.41 Å². The Bertz CT molecular complexity index is 917. The molecule has 2 aromatic rings. The van der Waals surface area contributed by atoms with Crippen LogP contribution in [0.25, 0.3) is 0 Å². The Balaban J connectivity index is 1.62. The smallest absolute Gasteiger partial charge is 0.175 e. The molecule has 0 bridgehead atoms. The van der Waals surface area contributed by atoms with Crippen LogP contribution in [-0.2, 0) is 16.4 Å². The Morgan fingerprint density at radius 2 is 1.57 bits per heavy atom. The molecule has 1 aliphatic carbocycles. The molecule has 30 heavy (non-hydrogen) atoms. The average Bonchev–Trinajstić information content (AvgIpc) is 3.00. The fourth-order valence-corrected chi connectivity index (χ4v) is 4.42. The molecule has 3 atom stereocenters. The highest BCUT2D eigenvalue weighted by Crippen LogP contribution is 2.39. The molecule has 1 unspecified atom stereocenters. The molecule has 0 aromatic heterocycles. The molecule has 0 saturated heterocycles. The lowest BCUT2D eigenvalue weighted by atomic mass is 9.86. The third kappa shape index (κ3) is 5.72. The first-order chi connectivity index (χ1) is 14.2. The Morgan fingerprint density at radius 1 is 1.00 bits per heavy atom. The molecule has 1 fully saturated rings. The molecule has 0 radical (unpaired) electrons. The van der Waals surface area contributed by atoms with Crippen LogP contribution in [0.4, 0.5) is 0 Å². The normalized spacial score (nSPS) is 24.0. The maximum Gasteiger partial charge on any atom is 0.175 e. The van der Waals surface area contributed by atoms with Crippen LogP contribution in [0.1, 0.15) is 18.4 Å². The molecule has 7 nitrogen and oxygen atoms in total. The molecule has 1 saturated carbocycles. The van der Waals surface area contributed by atoms with Gasteiger partial charge in [0.2, 0.25) is 0 Å². The van der Waals surface area contributed by atoms with Gasteiger partial charge in [-0.3, -0.25) is 0 Å². The van der Waals surface area contributed by atoms with Gasteiger partial charge in [0.1, 0.15) is 11.5 Å². The number of benzene rings is 2. The molecule has 164 valence electrons. The van der Waals surface area contributed by atoms with Gasteiger partial charge in [-0.15, -0.1) is 0 Å². The minimum atomic E-state index is -3.26. The predicted octanol–water partition coefficient (Wildman–Crippen LogP) is 1.77. The van der Waals surface area contributed by atoms with Gasteiger partial charge in [-0.1, -0.05) is 12.1 Å². The second-order valence-corrected chi connectivity index (χ2v) is 10.0. The largest absolute Gasteiger partial charge is 0.497 e. The van der Waals surface area contributed by atoms with Crippen LogP contribution < -0.4 is 14.8 Å². The van der Waals surface area contributed by atoms with E-state index in [4.69, 9.17) is 9.47 Å². The molecule has 1 aliphatic rings. The van der Waals surface area contributed by atoms with E-state index in [2.05, 4.69) is 5.32 Å². The Labute approximate surface area is 177 Å². The lowest BCUT2D eigenvalue weighted by Crippen LogP contribution is -2.37. The zero-order chi connectivity index (χ0) is 21.8. The monoisotopic (exact) mass is 435 g/mol. The van der Waals surface area contributed by atoms with Crippen molar-refractivity contribution in [1.82, 2.24) is 5.32 Å². The van der Waals surface area contributed by atoms with Crippen LogP contribution in [0.3, 0.4) is 0 Å². The molecule has 3 rings (SSSR count). The van der Waals surface area contributed by atoms with Crippen molar-refractivity contribution in [2.45, 2.75) is 36.5 Å². The van der Waals surface area contributed by atoms with Gasteiger partial charge in [0.05, 0.1) is 30.8 Å². The highest BCUT2D eigenvalue weighted by Gasteiger charge is 2.44. The van der Waals surface area contributed by atoms with Crippen LogP contribution >= 0.6 is 0 Å². The second kappa shape index (κ2) is 9.34. The van der Waals surface area contributed by atoms with Crippen molar-refractivity contribution in [2.75, 3.05) is 26.5 Å². The Kier molecular flexibility index (Phi) is 7.02. The van der Waals surface area contributed by atoms with E-state index in [1.807, 2.05) is 24.3 Å². The number of methoxy groups -OCH3 is 1. The first-order valence-corrected chi connectivity index (χ1v) is 11.7. The van der Waals surface area contributed by atoms with Crippen molar-refractivity contribution in [1.29, 1.82) is 0 Å². The van der Waals surface area contributed by atoms with E-state index in [9.17, 15) is 18.6 Å². The van der Waals surface area contributed by atoms with E-state index in [1.54, 1.807) is 19.2 Å². The number of nitrogens with one attached hydrogen (secondary N) is 1. The molecular weight excluding hydrogens is 406 g/mol. The summed E-state index contributed by atoms with van der Waals surface area (Å²) >= 11 is 0. The van der Waals surface area contributed by atoms with Crippen molar-refractivity contribution >= 4 is 9.84 Å². The average molecular weight is 436 g/mol. The van der Waals surface area contributed by atoms with Crippen LogP contribution in [0.2, 0.25) is 0 Å². The number of ether oxygens (including phenoxy) is 2. The fourth-order valence-electron chi connectivity index (χ4n) is 3.79. The van der Waals surface area contributed by atoms with E-state index >= 15 is 0 Å². The van der Waals surface area contributed by atoms with Crippen molar-refractivity contribution in [3.8, 4) is 11.5 Å². The zero-order valence-electron chi connectivity index (χ0n) is 17.2.